The van der Waals surface area contributed by atoms with Gasteiger partial charge in [0.05, 0.1) is 17.7 Å². The number of aromatic nitrogens is 1. The zero-order valence-corrected chi connectivity index (χ0v) is 21.3. The molecule has 8 heteroatoms. The molecule has 0 bridgehead atoms. The highest BCUT2D eigenvalue weighted by Gasteiger charge is 2.52. The Hall–Kier alpha value is -3.03. The highest BCUT2D eigenvalue weighted by atomic mass is 35.5. The minimum absolute atomic E-state index is 0.208. The molecule has 1 aliphatic heterocycles. The monoisotopic (exact) mass is 507 g/mol. The van der Waals surface area contributed by atoms with Crippen molar-refractivity contribution in [3.05, 3.63) is 76.4 Å². The van der Waals surface area contributed by atoms with Crippen LogP contribution in [0.2, 0.25) is 5.02 Å². The van der Waals surface area contributed by atoms with Crippen LogP contribution in [0.3, 0.4) is 0 Å². The second-order valence-electron chi connectivity index (χ2n) is 8.77. The Morgan fingerprint density at radius 1 is 1.17 bits per heavy atom. The second-order valence-corrected chi connectivity index (χ2v) is 10.2. The fraction of sp³-hybridized carbons (Fsp3) is 0.296. The number of para-hydroxylation sites is 2. The summed E-state index contributed by atoms with van der Waals surface area (Å²) in [5.74, 6) is 0.872. The Bertz CT molecular complexity index is 1330. The Balaban J connectivity index is 1.67. The van der Waals surface area contributed by atoms with Gasteiger partial charge in [0.2, 0.25) is 0 Å². The van der Waals surface area contributed by atoms with Crippen molar-refractivity contribution < 1.29 is 14.1 Å². The molecule has 2 aliphatic rings. The summed E-state index contributed by atoms with van der Waals surface area (Å²) < 4.78 is 11.0. The standard InChI is InChI=1S/C27H26ClN3O3S/c1-17-23(24(30-34-17)19-11-5-6-12-20(19)28)25(32)31-26(29-21-13-7-8-14-22(21)33-3)35-18(2)27(31)15-9-4-10-16-27/h5-8,11-14H,2,4,9-10,15-16H2,1,3H3. The lowest BCUT2D eigenvalue weighted by Crippen LogP contribution is -2.51. The van der Waals surface area contributed by atoms with E-state index in [0.29, 0.717) is 44.2 Å². The predicted octanol–water partition coefficient (Wildman–Crippen LogP) is 7.41. The third-order valence-electron chi connectivity index (χ3n) is 6.74. The molecule has 1 saturated heterocycles. The van der Waals surface area contributed by atoms with Gasteiger partial charge in [-0.2, -0.15) is 0 Å². The highest BCUT2D eigenvalue weighted by Crippen LogP contribution is 2.52. The summed E-state index contributed by atoms with van der Waals surface area (Å²) >= 11 is 7.93. The topological polar surface area (TPSA) is 67.9 Å². The largest absolute Gasteiger partial charge is 0.494 e. The highest BCUT2D eigenvalue weighted by molar-refractivity contribution is 8.17. The van der Waals surface area contributed by atoms with E-state index in [-0.39, 0.29) is 5.91 Å². The smallest absolute Gasteiger partial charge is 0.266 e. The van der Waals surface area contributed by atoms with Crippen molar-refractivity contribution in [1.29, 1.82) is 0 Å². The average molecular weight is 508 g/mol. The summed E-state index contributed by atoms with van der Waals surface area (Å²) in [6.45, 7) is 6.15. The summed E-state index contributed by atoms with van der Waals surface area (Å²) in [4.78, 5) is 22.1. The van der Waals surface area contributed by atoms with E-state index in [9.17, 15) is 4.79 Å². The molecule has 2 heterocycles. The first-order valence-electron chi connectivity index (χ1n) is 11.6. The number of hydrogen-bond acceptors (Lipinski definition) is 6. The van der Waals surface area contributed by atoms with Gasteiger partial charge in [0.25, 0.3) is 5.91 Å². The number of carbonyl (C=O) groups is 1. The summed E-state index contributed by atoms with van der Waals surface area (Å²) in [5.41, 5.74) is 1.63. The summed E-state index contributed by atoms with van der Waals surface area (Å²) in [6.07, 6.45) is 4.84. The summed E-state index contributed by atoms with van der Waals surface area (Å²) in [7, 11) is 1.61. The van der Waals surface area contributed by atoms with Gasteiger partial charge in [0.1, 0.15) is 28.5 Å². The van der Waals surface area contributed by atoms with Crippen LogP contribution in [0, 0.1) is 6.92 Å². The van der Waals surface area contributed by atoms with Crippen LogP contribution >= 0.6 is 23.4 Å². The van der Waals surface area contributed by atoms with Crippen molar-refractivity contribution in [1.82, 2.24) is 10.1 Å². The number of carbonyl (C=O) groups excluding carboxylic acids is 1. The lowest BCUT2D eigenvalue weighted by atomic mass is 9.80. The van der Waals surface area contributed by atoms with Crippen LogP contribution in [0.1, 0.15) is 48.2 Å². The minimum Gasteiger partial charge on any atom is -0.494 e. The van der Waals surface area contributed by atoms with Crippen LogP contribution in [0.5, 0.6) is 5.75 Å². The number of aliphatic imine (C=N–C) groups is 1. The molecule has 0 N–H and O–H groups in total. The van der Waals surface area contributed by atoms with Gasteiger partial charge in [-0.25, -0.2) is 4.99 Å². The number of nitrogens with zero attached hydrogens (tertiary/aromatic N) is 3. The van der Waals surface area contributed by atoms with Crippen molar-refractivity contribution in [2.45, 2.75) is 44.6 Å². The first kappa shape index (κ1) is 23.7. The molecular formula is C27H26ClN3O3S. The first-order valence-corrected chi connectivity index (χ1v) is 12.8. The van der Waals surface area contributed by atoms with E-state index < -0.39 is 5.54 Å². The molecule has 0 radical (unpaired) electrons. The number of methoxy groups -OCH3 is 1. The van der Waals surface area contributed by atoms with Gasteiger partial charge >= 0.3 is 0 Å². The fourth-order valence-electron chi connectivity index (χ4n) is 4.95. The Morgan fingerprint density at radius 2 is 1.89 bits per heavy atom. The molecular weight excluding hydrogens is 482 g/mol. The average Bonchev–Trinajstić information content (AvgIpc) is 3.37. The van der Waals surface area contributed by atoms with E-state index in [1.165, 1.54) is 11.8 Å². The van der Waals surface area contributed by atoms with E-state index in [1.54, 1.807) is 20.1 Å². The second kappa shape index (κ2) is 9.55. The summed E-state index contributed by atoms with van der Waals surface area (Å²) in [5, 5.41) is 5.32. The SMILES string of the molecule is C=C1SC(=Nc2ccccc2OC)N(C(=O)c2c(-c3ccccc3Cl)noc2C)C12CCCCC2. The predicted molar refractivity (Wildman–Crippen MR) is 140 cm³/mol. The van der Waals surface area contributed by atoms with Crippen LogP contribution < -0.4 is 4.74 Å². The third-order valence-corrected chi connectivity index (χ3v) is 8.16. The zero-order chi connectivity index (χ0) is 24.6. The number of ether oxygens (including phenoxy) is 1. The molecule has 35 heavy (non-hydrogen) atoms. The molecule has 1 spiro atoms. The molecule has 1 amide bonds. The Morgan fingerprint density at radius 3 is 2.63 bits per heavy atom. The molecule has 2 fully saturated rings. The lowest BCUT2D eigenvalue weighted by molar-refractivity contribution is 0.0700. The van der Waals surface area contributed by atoms with Crippen molar-refractivity contribution in [2.24, 2.45) is 4.99 Å². The van der Waals surface area contributed by atoms with Gasteiger partial charge in [-0.1, -0.05) is 84.7 Å². The molecule has 1 aromatic heterocycles. The van der Waals surface area contributed by atoms with Crippen LogP contribution in [0.25, 0.3) is 11.3 Å². The maximum atomic E-state index is 14.4. The van der Waals surface area contributed by atoms with E-state index >= 15 is 0 Å². The lowest BCUT2D eigenvalue weighted by Gasteiger charge is -2.40. The van der Waals surface area contributed by atoms with E-state index in [1.807, 2.05) is 47.4 Å². The van der Waals surface area contributed by atoms with E-state index in [0.717, 1.165) is 37.0 Å². The molecule has 3 aromatic rings. The molecule has 5 rings (SSSR count). The number of hydrogen-bond donors (Lipinski definition) is 0. The molecule has 2 aromatic carbocycles. The van der Waals surface area contributed by atoms with Gasteiger partial charge in [0.15, 0.2) is 5.17 Å². The Kier molecular flexibility index (Phi) is 6.47. The van der Waals surface area contributed by atoms with Gasteiger partial charge in [-0.3, -0.25) is 9.69 Å². The number of amidine groups is 1. The molecule has 0 unspecified atom stereocenters. The number of benzene rings is 2. The molecule has 1 aliphatic carbocycles. The van der Waals surface area contributed by atoms with E-state index in [4.69, 9.17) is 25.9 Å². The summed E-state index contributed by atoms with van der Waals surface area (Å²) in [6, 6.07) is 14.9. The number of aryl methyl sites for hydroxylation is 1. The van der Waals surface area contributed by atoms with Crippen molar-refractivity contribution >= 4 is 40.1 Å². The van der Waals surface area contributed by atoms with Crippen molar-refractivity contribution in [3.8, 4) is 17.0 Å². The molecule has 6 nitrogen and oxygen atoms in total. The molecule has 180 valence electrons. The maximum Gasteiger partial charge on any atom is 0.266 e. The zero-order valence-electron chi connectivity index (χ0n) is 19.7. The van der Waals surface area contributed by atoms with Crippen molar-refractivity contribution in [3.63, 3.8) is 0 Å². The van der Waals surface area contributed by atoms with Crippen LogP contribution in [-0.4, -0.2) is 33.8 Å². The quantitative estimate of drug-likeness (QED) is 0.368. The van der Waals surface area contributed by atoms with Crippen LogP contribution in [0.4, 0.5) is 5.69 Å². The maximum absolute atomic E-state index is 14.4. The normalized spacial score (nSPS) is 18.4. The number of rotatable bonds is 4. The van der Waals surface area contributed by atoms with Crippen LogP contribution in [0.15, 0.2) is 69.5 Å². The molecule has 0 atom stereocenters. The van der Waals surface area contributed by atoms with Gasteiger partial charge in [-0.05, 0) is 38.0 Å². The van der Waals surface area contributed by atoms with Gasteiger partial charge < -0.3 is 9.26 Å². The van der Waals surface area contributed by atoms with E-state index in [2.05, 4.69) is 11.7 Å². The van der Waals surface area contributed by atoms with Crippen LogP contribution in [-0.2, 0) is 0 Å². The number of amides is 1. The number of thioether (sulfide) groups is 1. The third kappa shape index (κ3) is 4.06. The minimum atomic E-state index is -0.512. The van der Waals surface area contributed by atoms with Gasteiger partial charge in [0, 0.05) is 10.5 Å². The fourth-order valence-corrected chi connectivity index (χ4v) is 6.37. The Labute approximate surface area is 214 Å². The molecule has 1 saturated carbocycles. The van der Waals surface area contributed by atoms with Crippen molar-refractivity contribution in [2.75, 3.05) is 7.11 Å². The van der Waals surface area contributed by atoms with Gasteiger partial charge in [-0.15, -0.1) is 0 Å². The first-order chi connectivity index (χ1) is 17.0. The number of halogens is 1.